The normalized spacial score (nSPS) is 11.5. The van der Waals surface area contributed by atoms with E-state index in [1.54, 1.807) is 36.4 Å². The molecule has 0 aliphatic rings. The zero-order valence-electron chi connectivity index (χ0n) is 12.7. The van der Waals surface area contributed by atoms with Crippen molar-refractivity contribution in [3.63, 3.8) is 0 Å². The summed E-state index contributed by atoms with van der Waals surface area (Å²) in [5.74, 6) is -0.351. The van der Waals surface area contributed by atoms with Gasteiger partial charge in [0, 0.05) is 17.8 Å². The highest BCUT2D eigenvalue weighted by atomic mass is 16.6. The molecule has 0 saturated heterocycles. The molecule has 114 valence electrons. The zero-order chi connectivity index (χ0) is 15.9. The molecule has 0 radical (unpaired) electrons. The Kier molecular flexibility index (Phi) is 5.31. The van der Waals surface area contributed by atoms with Crippen molar-refractivity contribution < 1.29 is 14.3 Å². The van der Waals surface area contributed by atoms with Gasteiger partial charge in [0.2, 0.25) is 0 Å². The van der Waals surface area contributed by atoms with Crippen molar-refractivity contribution in [3.05, 3.63) is 65.7 Å². The van der Waals surface area contributed by atoms with Gasteiger partial charge in [0.25, 0.3) is 0 Å². The van der Waals surface area contributed by atoms with E-state index in [-0.39, 0.29) is 5.97 Å². The maximum Gasteiger partial charge on any atom is 0.340 e. The number of anilines is 1. The molecule has 0 saturated carbocycles. The molecule has 1 unspecified atom stereocenters. The van der Waals surface area contributed by atoms with Gasteiger partial charge in [0.1, 0.15) is 6.29 Å². The molecule has 0 fully saturated rings. The minimum atomic E-state index is -0.403. The number of benzene rings is 2. The third-order valence-corrected chi connectivity index (χ3v) is 3.43. The first kappa shape index (κ1) is 15.8. The smallest absolute Gasteiger partial charge is 0.340 e. The molecule has 2 aromatic carbocycles. The van der Waals surface area contributed by atoms with E-state index in [0.717, 1.165) is 12.0 Å². The fraction of sp³-hybridized carbons (Fsp3) is 0.222. The van der Waals surface area contributed by atoms with Gasteiger partial charge in [-0.2, -0.15) is 0 Å². The van der Waals surface area contributed by atoms with Crippen molar-refractivity contribution in [3.8, 4) is 0 Å². The Morgan fingerprint density at radius 2 is 1.77 bits per heavy atom. The molecule has 2 rings (SSSR count). The summed E-state index contributed by atoms with van der Waals surface area (Å²) >= 11 is 0. The van der Waals surface area contributed by atoms with E-state index in [2.05, 4.69) is 0 Å². The summed E-state index contributed by atoms with van der Waals surface area (Å²) in [7, 11) is 0. The molecule has 0 aliphatic heterocycles. The Morgan fingerprint density at radius 3 is 2.32 bits per heavy atom. The number of esters is 1. The number of nitrogens with zero attached hydrogens (tertiary/aromatic N) is 1. The predicted octanol–water partition coefficient (Wildman–Crippen LogP) is 3.53. The lowest BCUT2D eigenvalue weighted by atomic mass is 10.2. The van der Waals surface area contributed by atoms with Crippen LogP contribution in [0, 0.1) is 0 Å². The number of hydrogen-bond acceptors (Lipinski definition) is 4. The lowest BCUT2D eigenvalue weighted by Gasteiger charge is -2.29. The van der Waals surface area contributed by atoms with E-state index >= 15 is 0 Å². The zero-order valence-corrected chi connectivity index (χ0v) is 12.7. The molecular formula is C18H19NO3. The van der Waals surface area contributed by atoms with Gasteiger partial charge in [-0.05, 0) is 50.2 Å². The summed E-state index contributed by atoms with van der Waals surface area (Å²) in [5, 5.41) is 0. The fourth-order valence-electron chi connectivity index (χ4n) is 2.25. The van der Waals surface area contributed by atoms with Crippen molar-refractivity contribution in [2.24, 2.45) is 0 Å². The summed E-state index contributed by atoms with van der Waals surface area (Å²) in [5.41, 5.74) is 2.05. The van der Waals surface area contributed by atoms with E-state index in [1.807, 2.05) is 36.9 Å². The highest BCUT2D eigenvalue weighted by molar-refractivity contribution is 5.89. The van der Waals surface area contributed by atoms with Crippen LogP contribution in [0.4, 0.5) is 5.69 Å². The molecule has 0 bridgehead atoms. The van der Waals surface area contributed by atoms with Crippen molar-refractivity contribution >= 4 is 17.9 Å². The second-order valence-corrected chi connectivity index (χ2v) is 4.87. The van der Waals surface area contributed by atoms with Crippen LogP contribution in [0.5, 0.6) is 0 Å². The number of ether oxygens (including phenoxy) is 1. The number of aldehydes is 1. The van der Waals surface area contributed by atoms with Crippen molar-refractivity contribution in [1.29, 1.82) is 0 Å². The Morgan fingerprint density at radius 1 is 1.14 bits per heavy atom. The highest BCUT2D eigenvalue weighted by Gasteiger charge is 2.18. The third kappa shape index (κ3) is 3.73. The van der Waals surface area contributed by atoms with Crippen LogP contribution in [0.15, 0.2) is 54.6 Å². The molecular weight excluding hydrogens is 278 g/mol. The van der Waals surface area contributed by atoms with Gasteiger partial charge < -0.3 is 9.64 Å². The Balaban J connectivity index is 2.09. The summed E-state index contributed by atoms with van der Waals surface area (Å²) in [4.78, 5) is 24.8. The lowest BCUT2D eigenvalue weighted by molar-refractivity contribution is 0.0336. The molecule has 0 spiro atoms. The molecule has 4 heteroatoms. The SMILES string of the molecule is CCN(c1ccc(C=O)cc1)C(C)OC(=O)c1ccccc1. The first-order valence-corrected chi connectivity index (χ1v) is 7.23. The highest BCUT2D eigenvalue weighted by Crippen LogP contribution is 2.18. The van der Waals surface area contributed by atoms with Gasteiger partial charge >= 0.3 is 5.97 Å². The van der Waals surface area contributed by atoms with E-state index < -0.39 is 6.23 Å². The average Bonchev–Trinajstić information content (AvgIpc) is 2.57. The molecule has 0 amide bonds. The molecule has 0 N–H and O–H groups in total. The van der Waals surface area contributed by atoms with Gasteiger partial charge in [-0.3, -0.25) is 4.79 Å². The van der Waals surface area contributed by atoms with Crippen LogP contribution in [0.1, 0.15) is 34.6 Å². The number of hydrogen-bond donors (Lipinski definition) is 0. The standard InChI is InChI=1S/C18H19NO3/c1-3-19(17-11-9-15(13-20)10-12-17)14(2)22-18(21)16-7-5-4-6-8-16/h4-14H,3H2,1-2H3. The maximum absolute atomic E-state index is 12.1. The molecule has 2 aromatic rings. The molecule has 0 heterocycles. The number of carbonyl (C=O) groups excluding carboxylic acids is 2. The van der Waals surface area contributed by atoms with Crippen LogP contribution >= 0.6 is 0 Å². The van der Waals surface area contributed by atoms with E-state index in [4.69, 9.17) is 4.74 Å². The number of carbonyl (C=O) groups is 2. The topological polar surface area (TPSA) is 46.6 Å². The molecule has 22 heavy (non-hydrogen) atoms. The van der Waals surface area contributed by atoms with Gasteiger partial charge in [-0.15, -0.1) is 0 Å². The van der Waals surface area contributed by atoms with Gasteiger partial charge in [-0.25, -0.2) is 4.79 Å². The largest absolute Gasteiger partial charge is 0.438 e. The first-order valence-electron chi connectivity index (χ1n) is 7.23. The Bertz CT molecular complexity index is 623. The van der Waals surface area contributed by atoms with Crippen LogP contribution in [0.2, 0.25) is 0 Å². The molecule has 0 aliphatic carbocycles. The van der Waals surface area contributed by atoms with Crippen LogP contribution in [0.3, 0.4) is 0 Å². The monoisotopic (exact) mass is 297 g/mol. The molecule has 4 nitrogen and oxygen atoms in total. The predicted molar refractivity (Wildman–Crippen MR) is 86.2 cm³/mol. The Labute approximate surface area is 130 Å². The van der Waals surface area contributed by atoms with Gasteiger partial charge in [0.05, 0.1) is 5.56 Å². The second-order valence-electron chi connectivity index (χ2n) is 4.87. The minimum Gasteiger partial charge on any atom is -0.438 e. The second kappa shape index (κ2) is 7.41. The average molecular weight is 297 g/mol. The fourth-order valence-corrected chi connectivity index (χ4v) is 2.25. The van der Waals surface area contributed by atoms with Crippen molar-refractivity contribution in [2.75, 3.05) is 11.4 Å². The quantitative estimate of drug-likeness (QED) is 0.465. The maximum atomic E-state index is 12.1. The summed E-state index contributed by atoms with van der Waals surface area (Å²) < 4.78 is 5.52. The van der Waals surface area contributed by atoms with E-state index in [1.165, 1.54) is 0 Å². The van der Waals surface area contributed by atoms with Crippen LogP contribution in [-0.4, -0.2) is 25.0 Å². The minimum absolute atomic E-state index is 0.351. The van der Waals surface area contributed by atoms with Gasteiger partial charge in [0.15, 0.2) is 6.23 Å². The summed E-state index contributed by atoms with van der Waals surface area (Å²) in [6.07, 6.45) is 0.402. The Hall–Kier alpha value is -2.62. The lowest BCUT2D eigenvalue weighted by Crippen LogP contribution is -2.36. The summed E-state index contributed by atoms with van der Waals surface area (Å²) in [6.45, 7) is 4.50. The van der Waals surface area contributed by atoms with Crippen LogP contribution in [0.25, 0.3) is 0 Å². The first-order chi connectivity index (χ1) is 10.7. The van der Waals surface area contributed by atoms with Crippen LogP contribution in [-0.2, 0) is 4.74 Å². The van der Waals surface area contributed by atoms with Crippen molar-refractivity contribution in [2.45, 2.75) is 20.1 Å². The molecule has 1 atom stereocenters. The number of rotatable bonds is 6. The van der Waals surface area contributed by atoms with E-state index in [9.17, 15) is 9.59 Å². The summed E-state index contributed by atoms with van der Waals surface area (Å²) in [6, 6.07) is 16.1. The van der Waals surface area contributed by atoms with Gasteiger partial charge in [-0.1, -0.05) is 18.2 Å². The third-order valence-electron chi connectivity index (χ3n) is 3.43. The molecule has 0 aromatic heterocycles. The van der Waals surface area contributed by atoms with Crippen LogP contribution < -0.4 is 4.90 Å². The van der Waals surface area contributed by atoms with Crippen molar-refractivity contribution in [1.82, 2.24) is 0 Å². The van der Waals surface area contributed by atoms with E-state index in [0.29, 0.717) is 17.7 Å².